The van der Waals surface area contributed by atoms with Crippen LogP contribution in [0.5, 0.6) is 0 Å². The van der Waals surface area contributed by atoms with E-state index in [2.05, 4.69) is 56.9 Å². The van der Waals surface area contributed by atoms with Crippen molar-refractivity contribution >= 4 is 17.6 Å². The molecular formula is C22H28BFN2. The van der Waals surface area contributed by atoms with Gasteiger partial charge in [0.25, 0.3) is 0 Å². The first-order valence-corrected chi connectivity index (χ1v) is 9.08. The summed E-state index contributed by atoms with van der Waals surface area (Å²) in [6.45, 7) is 8.72. The van der Waals surface area contributed by atoms with Crippen LogP contribution in [0.3, 0.4) is 0 Å². The van der Waals surface area contributed by atoms with Crippen LogP contribution in [-0.2, 0) is 13.5 Å². The summed E-state index contributed by atoms with van der Waals surface area (Å²) >= 11 is 0. The minimum Gasteiger partial charge on any atom is -0.341 e. The number of aryl methyl sites for hydroxylation is 2. The maximum Gasteiger partial charge on any atom is 0.218 e. The third kappa shape index (κ3) is 5.32. The monoisotopic (exact) mass is 350 g/mol. The number of halogens is 1. The van der Waals surface area contributed by atoms with Gasteiger partial charge in [-0.15, -0.1) is 0 Å². The molecule has 1 heterocycles. The molecule has 0 saturated heterocycles. The molecule has 1 aromatic heterocycles. The van der Waals surface area contributed by atoms with Crippen molar-refractivity contribution in [2.45, 2.75) is 39.4 Å². The molecule has 136 valence electrons. The van der Waals surface area contributed by atoms with Gasteiger partial charge in [-0.25, -0.2) is 9.37 Å². The molecule has 0 aliphatic rings. The molecule has 2 nitrogen and oxygen atoms in total. The fourth-order valence-corrected chi connectivity index (χ4v) is 3.17. The molecule has 3 rings (SSSR count). The lowest BCUT2D eigenvalue weighted by Gasteiger charge is -2.29. The summed E-state index contributed by atoms with van der Waals surface area (Å²) in [4.78, 5) is 3.78. The lowest BCUT2D eigenvalue weighted by atomic mass is 9.28. The molecule has 0 saturated carbocycles. The molecule has 0 bridgehead atoms. The highest BCUT2D eigenvalue weighted by molar-refractivity contribution is 6.87. The molecule has 0 atom stereocenters. The summed E-state index contributed by atoms with van der Waals surface area (Å²) in [5.74, 6) is -0.116. The molecule has 0 fully saturated rings. The van der Waals surface area contributed by atoms with E-state index in [0.717, 1.165) is 11.9 Å². The van der Waals surface area contributed by atoms with Gasteiger partial charge in [-0.3, -0.25) is 0 Å². The molecule has 0 radical (unpaired) electrons. The van der Waals surface area contributed by atoms with Gasteiger partial charge in [0.1, 0.15) is 5.82 Å². The second-order valence-corrected chi connectivity index (χ2v) is 7.65. The lowest BCUT2D eigenvalue weighted by Crippen LogP contribution is -2.50. The highest BCUT2D eigenvalue weighted by Crippen LogP contribution is 2.27. The van der Waals surface area contributed by atoms with Gasteiger partial charge < -0.3 is 4.57 Å². The summed E-state index contributed by atoms with van der Waals surface area (Å²) in [5, 5.41) is -0.0332. The largest absolute Gasteiger partial charge is 0.341 e. The highest BCUT2D eigenvalue weighted by Gasteiger charge is 2.33. The van der Waals surface area contributed by atoms with Gasteiger partial charge in [0.05, 0.1) is 6.33 Å². The molecule has 0 N–H and O–H groups in total. The summed E-state index contributed by atoms with van der Waals surface area (Å²) in [6, 6.07) is 15.7. The van der Waals surface area contributed by atoms with Gasteiger partial charge in [0, 0.05) is 19.4 Å². The third-order valence-electron chi connectivity index (χ3n) is 4.41. The van der Waals surface area contributed by atoms with Gasteiger partial charge in [0.2, 0.25) is 6.71 Å². The van der Waals surface area contributed by atoms with Gasteiger partial charge in [-0.2, -0.15) is 0 Å². The fraction of sp³-hybridized carbons (Fsp3) is 0.318. The summed E-state index contributed by atoms with van der Waals surface area (Å²) in [5.41, 5.74) is 3.28. The normalized spacial score (nSPS) is 10.8. The van der Waals surface area contributed by atoms with E-state index >= 15 is 0 Å². The maximum absolute atomic E-state index is 14.2. The van der Waals surface area contributed by atoms with Crippen molar-refractivity contribution in [2.24, 2.45) is 7.05 Å². The minimum atomic E-state index is -0.116. The average Bonchev–Trinajstić information content (AvgIpc) is 3.07. The van der Waals surface area contributed by atoms with E-state index in [-0.39, 0.29) is 17.8 Å². The van der Waals surface area contributed by atoms with Crippen LogP contribution in [0.15, 0.2) is 67.3 Å². The Balaban J connectivity index is 0.000000342. The lowest BCUT2D eigenvalue weighted by molar-refractivity contribution is 0.633. The fourth-order valence-electron chi connectivity index (χ4n) is 3.17. The number of imidazole rings is 1. The van der Waals surface area contributed by atoms with Crippen LogP contribution in [0.4, 0.5) is 4.39 Å². The third-order valence-corrected chi connectivity index (χ3v) is 4.41. The molecule has 26 heavy (non-hydrogen) atoms. The first kappa shape index (κ1) is 20.0. The van der Waals surface area contributed by atoms with Crippen molar-refractivity contribution in [2.75, 3.05) is 0 Å². The SMILES string of the molecule is CCc1cccc(B(c2ccccc2F)C(C)(C)C)c1.Cn1ccnc1. The van der Waals surface area contributed by atoms with Crippen molar-refractivity contribution in [1.82, 2.24) is 9.55 Å². The Bertz CT molecular complexity index is 807. The standard InChI is InChI=1S/C18H22BF.C4H6N2/c1-5-14-9-8-10-15(13-14)19(18(2,3)4)16-11-6-7-12-17(16)20;1-6-3-2-5-4-6/h6-13H,5H2,1-4H3;2-4H,1H3. The van der Waals surface area contributed by atoms with Crippen molar-refractivity contribution in [3.8, 4) is 0 Å². The maximum atomic E-state index is 14.2. The first-order valence-electron chi connectivity index (χ1n) is 9.08. The summed E-state index contributed by atoms with van der Waals surface area (Å²) in [7, 11) is 1.94. The predicted octanol–water partition coefficient (Wildman–Crippen LogP) is 4.22. The van der Waals surface area contributed by atoms with E-state index in [9.17, 15) is 4.39 Å². The van der Waals surface area contributed by atoms with Crippen LogP contribution in [-0.4, -0.2) is 16.3 Å². The number of rotatable bonds is 3. The van der Waals surface area contributed by atoms with Crippen LogP contribution in [0, 0.1) is 5.82 Å². The zero-order valence-corrected chi connectivity index (χ0v) is 16.4. The quantitative estimate of drug-likeness (QED) is 0.647. The van der Waals surface area contributed by atoms with Gasteiger partial charge in [-0.05, 0) is 28.8 Å². The van der Waals surface area contributed by atoms with E-state index in [1.165, 1.54) is 11.0 Å². The summed E-state index contributed by atoms with van der Waals surface area (Å²) in [6.07, 6.45) is 6.39. The van der Waals surface area contributed by atoms with Gasteiger partial charge in [0.15, 0.2) is 0 Å². The van der Waals surface area contributed by atoms with E-state index in [0.29, 0.717) is 0 Å². The van der Waals surface area contributed by atoms with Crippen LogP contribution in [0.25, 0.3) is 0 Å². The smallest absolute Gasteiger partial charge is 0.218 e. The number of aromatic nitrogens is 2. The predicted molar refractivity (Wildman–Crippen MR) is 110 cm³/mol. The Hall–Kier alpha value is -2.36. The van der Waals surface area contributed by atoms with E-state index in [1.54, 1.807) is 24.7 Å². The van der Waals surface area contributed by atoms with E-state index in [4.69, 9.17) is 0 Å². The zero-order valence-electron chi connectivity index (χ0n) is 16.4. The number of hydrogen-bond donors (Lipinski definition) is 0. The molecule has 0 spiro atoms. The Labute approximate surface area is 157 Å². The van der Waals surface area contributed by atoms with E-state index < -0.39 is 0 Å². The van der Waals surface area contributed by atoms with Gasteiger partial charge in [-0.1, -0.05) is 75.6 Å². The number of benzene rings is 2. The van der Waals surface area contributed by atoms with E-state index in [1.807, 2.05) is 29.9 Å². The van der Waals surface area contributed by atoms with Crippen LogP contribution in [0.1, 0.15) is 33.3 Å². The molecule has 0 unspecified atom stereocenters. The topological polar surface area (TPSA) is 17.8 Å². The van der Waals surface area contributed by atoms with Crippen molar-refractivity contribution in [3.05, 3.63) is 78.6 Å². The highest BCUT2D eigenvalue weighted by atomic mass is 19.1. The Morgan fingerprint density at radius 2 is 1.81 bits per heavy atom. The average molecular weight is 350 g/mol. The minimum absolute atomic E-state index is 0.0332. The Morgan fingerprint density at radius 3 is 2.31 bits per heavy atom. The molecule has 0 aliphatic heterocycles. The number of nitrogens with zero attached hydrogens (tertiary/aromatic N) is 2. The first-order chi connectivity index (χ1) is 12.3. The van der Waals surface area contributed by atoms with Crippen LogP contribution in [0.2, 0.25) is 5.31 Å². The van der Waals surface area contributed by atoms with Crippen molar-refractivity contribution in [3.63, 3.8) is 0 Å². The molecule has 0 aliphatic carbocycles. The molecular weight excluding hydrogens is 322 g/mol. The Kier molecular flexibility index (Phi) is 6.79. The second kappa shape index (κ2) is 8.84. The molecule has 2 aromatic carbocycles. The number of hydrogen-bond acceptors (Lipinski definition) is 1. The summed E-state index contributed by atoms with van der Waals surface area (Å²) < 4.78 is 16.1. The molecule has 3 aromatic rings. The molecule has 4 heteroatoms. The van der Waals surface area contributed by atoms with Crippen LogP contribution >= 0.6 is 0 Å². The van der Waals surface area contributed by atoms with Crippen molar-refractivity contribution in [1.29, 1.82) is 0 Å². The Morgan fingerprint density at radius 1 is 1.08 bits per heavy atom. The van der Waals surface area contributed by atoms with Gasteiger partial charge >= 0.3 is 0 Å². The van der Waals surface area contributed by atoms with Crippen molar-refractivity contribution < 1.29 is 4.39 Å². The van der Waals surface area contributed by atoms with Crippen LogP contribution < -0.4 is 10.9 Å². The molecule has 0 amide bonds. The second-order valence-electron chi connectivity index (χ2n) is 7.65. The zero-order chi connectivity index (χ0) is 19.2.